The molecule has 3 heteroatoms. The number of benzene rings is 11. The van der Waals surface area contributed by atoms with Gasteiger partial charge in [0, 0.05) is 44.4 Å². The predicted octanol–water partition coefficient (Wildman–Crippen LogP) is 19.7. The minimum absolute atomic E-state index is 0.182. The van der Waals surface area contributed by atoms with Crippen LogP contribution in [-0.2, 0) is 10.8 Å². The Morgan fingerprint density at radius 1 is 0.293 bits per heavy atom. The van der Waals surface area contributed by atoms with Gasteiger partial charge in [-0.15, -0.1) is 0 Å². The maximum absolute atomic E-state index is 2.53. The molecular formula is C72H55N3. The number of fused-ring (bicyclic) bond motifs is 7. The lowest BCUT2D eigenvalue weighted by Gasteiger charge is -2.49. The van der Waals surface area contributed by atoms with E-state index in [1.165, 1.54) is 106 Å². The van der Waals surface area contributed by atoms with Crippen molar-refractivity contribution in [2.45, 2.75) is 38.5 Å². The Labute approximate surface area is 439 Å². The molecule has 3 nitrogen and oxygen atoms in total. The number of nitrogens with zero attached hydrogens (tertiary/aromatic N) is 3. The van der Waals surface area contributed by atoms with E-state index in [4.69, 9.17) is 0 Å². The first-order valence-corrected chi connectivity index (χ1v) is 26.2. The smallest absolute Gasteiger partial charge is 0.0544 e. The van der Waals surface area contributed by atoms with Crippen LogP contribution in [0, 0.1) is 0 Å². The summed E-state index contributed by atoms with van der Waals surface area (Å²) in [6.07, 6.45) is 0. The molecule has 0 N–H and O–H groups in total. The summed E-state index contributed by atoms with van der Waals surface area (Å²) in [7, 11) is 0. The summed E-state index contributed by atoms with van der Waals surface area (Å²) in [5.41, 5.74) is 25.4. The van der Waals surface area contributed by atoms with E-state index in [1.807, 2.05) is 0 Å². The van der Waals surface area contributed by atoms with Gasteiger partial charge < -0.3 is 14.4 Å². The molecule has 2 aliphatic rings. The Morgan fingerprint density at radius 2 is 0.680 bits per heavy atom. The van der Waals surface area contributed by atoms with Crippen LogP contribution in [0.2, 0.25) is 0 Å². The Hall–Kier alpha value is -9.18. The third kappa shape index (κ3) is 7.17. The van der Waals surface area contributed by atoms with E-state index in [0.29, 0.717) is 0 Å². The average molecular weight is 962 g/mol. The molecule has 2 aliphatic heterocycles. The van der Waals surface area contributed by atoms with Crippen molar-refractivity contribution in [2.24, 2.45) is 0 Å². The Morgan fingerprint density at radius 3 is 1.21 bits per heavy atom. The molecule has 0 saturated heterocycles. The lowest BCUT2D eigenvalue weighted by Crippen LogP contribution is -2.38. The van der Waals surface area contributed by atoms with Crippen LogP contribution in [0.3, 0.4) is 0 Å². The molecule has 358 valence electrons. The average Bonchev–Trinajstić information content (AvgIpc) is 3.87. The highest BCUT2D eigenvalue weighted by molar-refractivity contribution is 6.10. The van der Waals surface area contributed by atoms with Gasteiger partial charge in [-0.2, -0.15) is 0 Å². The summed E-state index contributed by atoms with van der Waals surface area (Å²) in [5.74, 6) is 0. The summed E-state index contributed by atoms with van der Waals surface area (Å²) < 4.78 is 2.37. The SMILES string of the molecule is CC1(C)c2ccccc2N2c3ccccc3C(C)(C)c3cc(-c4ccc(-c5ccc(N(c6ccc(-c7ccccc7)cc6)c6ccc(-c7ccc8c(c7)c7ccccc7n8-c7ccccc7)cc6)cc5)cc4)cc1c32. The normalized spacial score (nSPS) is 13.8. The number of anilines is 6. The Bertz CT molecular complexity index is 4050. The number of aromatic nitrogens is 1. The fraction of sp³-hybridized carbons (Fsp3) is 0.0833. The second kappa shape index (κ2) is 17.2. The van der Waals surface area contributed by atoms with Crippen LogP contribution >= 0.6 is 0 Å². The highest BCUT2D eigenvalue weighted by Gasteiger charge is 2.45. The first-order chi connectivity index (χ1) is 36.7. The van der Waals surface area contributed by atoms with Crippen molar-refractivity contribution in [1.82, 2.24) is 4.57 Å². The molecule has 0 radical (unpaired) electrons. The minimum atomic E-state index is -0.182. The van der Waals surface area contributed by atoms with Crippen LogP contribution in [-0.4, -0.2) is 4.57 Å². The van der Waals surface area contributed by atoms with Gasteiger partial charge in [0.15, 0.2) is 0 Å². The second-order valence-corrected chi connectivity index (χ2v) is 21.4. The van der Waals surface area contributed by atoms with Crippen molar-refractivity contribution in [3.63, 3.8) is 0 Å². The molecule has 11 aromatic carbocycles. The summed E-state index contributed by atoms with van der Waals surface area (Å²) in [6, 6.07) is 96.0. The maximum Gasteiger partial charge on any atom is 0.0544 e. The highest BCUT2D eigenvalue weighted by atomic mass is 15.2. The van der Waals surface area contributed by atoms with Gasteiger partial charge in [-0.1, -0.05) is 198 Å². The maximum atomic E-state index is 2.53. The van der Waals surface area contributed by atoms with Crippen molar-refractivity contribution < 1.29 is 0 Å². The molecule has 0 unspecified atom stereocenters. The lowest BCUT2D eigenvalue weighted by molar-refractivity contribution is 0.598. The first-order valence-electron chi connectivity index (χ1n) is 26.2. The van der Waals surface area contributed by atoms with Gasteiger partial charge in [0.25, 0.3) is 0 Å². The van der Waals surface area contributed by atoms with E-state index < -0.39 is 0 Å². The molecule has 0 bridgehead atoms. The van der Waals surface area contributed by atoms with Crippen molar-refractivity contribution in [3.05, 3.63) is 283 Å². The molecule has 0 amide bonds. The zero-order chi connectivity index (χ0) is 50.4. The fourth-order valence-corrected chi connectivity index (χ4v) is 12.4. The molecule has 12 aromatic rings. The lowest BCUT2D eigenvalue weighted by atomic mass is 9.65. The summed E-state index contributed by atoms with van der Waals surface area (Å²) in [6.45, 7) is 9.58. The standard InChI is InChI=1S/C72H55N3/c1-71(2)62-22-12-15-25-68(62)75-69-26-16-13-23-63(69)72(3,4)65-47-55(46-64(71)70(65)75)53-29-27-49(28-30-53)51-33-40-58(41-34-51)73(57-38-31-50(32-39-57)48-17-7-5-8-18-48)59-42-35-52(36-43-59)54-37-44-67-61(45-54)60-21-11-14-24-66(60)74(67)56-19-9-6-10-20-56/h5-47H,1-4H3. The Kier molecular flexibility index (Phi) is 10.2. The van der Waals surface area contributed by atoms with Crippen molar-refractivity contribution in [3.8, 4) is 50.2 Å². The van der Waals surface area contributed by atoms with Crippen LogP contribution in [0.15, 0.2) is 261 Å². The largest absolute Gasteiger partial charge is 0.311 e. The summed E-state index contributed by atoms with van der Waals surface area (Å²) >= 11 is 0. The topological polar surface area (TPSA) is 11.4 Å². The molecule has 0 fully saturated rings. The highest BCUT2D eigenvalue weighted by Crippen LogP contribution is 2.60. The summed E-state index contributed by atoms with van der Waals surface area (Å²) in [4.78, 5) is 4.90. The van der Waals surface area contributed by atoms with E-state index in [2.05, 4.69) is 303 Å². The van der Waals surface area contributed by atoms with Gasteiger partial charge in [-0.05, 0) is 158 Å². The van der Waals surface area contributed by atoms with Crippen LogP contribution in [0.25, 0.3) is 72.0 Å². The third-order valence-electron chi connectivity index (χ3n) is 16.4. The van der Waals surface area contributed by atoms with Gasteiger partial charge >= 0.3 is 0 Å². The van der Waals surface area contributed by atoms with E-state index in [9.17, 15) is 0 Å². The first kappa shape index (κ1) is 44.5. The van der Waals surface area contributed by atoms with Crippen LogP contribution < -0.4 is 9.80 Å². The van der Waals surface area contributed by atoms with Crippen LogP contribution in [0.1, 0.15) is 49.9 Å². The molecule has 75 heavy (non-hydrogen) atoms. The molecule has 0 atom stereocenters. The third-order valence-corrected chi connectivity index (χ3v) is 16.4. The van der Waals surface area contributed by atoms with E-state index in [-0.39, 0.29) is 10.8 Å². The quantitative estimate of drug-likeness (QED) is 0.150. The van der Waals surface area contributed by atoms with Gasteiger partial charge in [0.05, 0.1) is 28.1 Å². The van der Waals surface area contributed by atoms with Crippen LogP contribution in [0.5, 0.6) is 0 Å². The number of para-hydroxylation sites is 4. The van der Waals surface area contributed by atoms with E-state index in [0.717, 1.165) is 22.7 Å². The summed E-state index contributed by atoms with van der Waals surface area (Å²) in [5, 5.41) is 2.50. The zero-order valence-electron chi connectivity index (χ0n) is 42.7. The monoisotopic (exact) mass is 961 g/mol. The Balaban J connectivity index is 0.800. The second-order valence-electron chi connectivity index (χ2n) is 21.4. The molecule has 1 aromatic heterocycles. The number of rotatable bonds is 8. The van der Waals surface area contributed by atoms with Crippen molar-refractivity contribution in [2.75, 3.05) is 9.80 Å². The molecule has 0 spiro atoms. The molecular weight excluding hydrogens is 907 g/mol. The number of hydrogen-bond acceptors (Lipinski definition) is 2. The van der Waals surface area contributed by atoms with Crippen molar-refractivity contribution in [1.29, 1.82) is 0 Å². The minimum Gasteiger partial charge on any atom is -0.311 e. The van der Waals surface area contributed by atoms with Gasteiger partial charge in [0.2, 0.25) is 0 Å². The van der Waals surface area contributed by atoms with Crippen LogP contribution in [0.4, 0.5) is 34.1 Å². The number of hydrogen-bond donors (Lipinski definition) is 0. The molecule has 3 heterocycles. The van der Waals surface area contributed by atoms with Gasteiger partial charge in [-0.25, -0.2) is 0 Å². The molecule has 14 rings (SSSR count). The fourth-order valence-electron chi connectivity index (χ4n) is 12.4. The predicted molar refractivity (Wildman–Crippen MR) is 316 cm³/mol. The van der Waals surface area contributed by atoms with Gasteiger partial charge in [-0.3, -0.25) is 0 Å². The van der Waals surface area contributed by atoms with E-state index in [1.54, 1.807) is 0 Å². The van der Waals surface area contributed by atoms with E-state index >= 15 is 0 Å². The molecule has 0 aliphatic carbocycles. The van der Waals surface area contributed by atoms with Crippen molar-refractivity contribution >= 4 is 55.9 Å². The van der Waals surface area contributed by atoms with Gasteiger partial charge in [0.1, 0.15) is 0 Å². The molecule has 0 saturated carbocycles. The zero-order valence-corrected chi connectivity index (χ0v) is 42.7.